The van der Waals surface area contributed by atoms with E-state index in [0.717, 1.165) is 51.4 Å². The van der Waals surface area contributed by atoms with Crippen molar-refractivity contribution in [1.29, 1.82) is 0 Å². The first-order chi connectivity index (χ1) is 30.4. The SMILES string of the molecule is CCCCC/C=C/C/C=C/C/C=C/C/C=C/C/C=C/CCC(=O)O[C@H](COC(=O)CCCC/C=C/C/C=C/CCCCCCCC)COP(=O)(O)OC1C(O)C(O)C(O)[C@@H](O)C1O. The van der Waals surface area contributed by atoms with E-state index >= 15 is 0 Å². The Hall–Kier alpha value is -2.97. The molecule has 0 aromatic rings. The number of hydrogen-bond acceptors (Lipinski definition) is 12. The summed E-state index contributed by atoms with van der Waals surface area (Å²) in [4.78, 5) is 35.6. The summed E-state index contributed by atoms with van der Waals surface area (Å²) >= 11 is 0. The van der Waals surface area contributed by atoms with Gasteiger partial charge >= 0.3 is 19.8 Å². The first-order valence-electron chi connectivity index (χ1n) is 23.4. The highest BCUT2D eigenvalue weighted by Crippen LogP contribution is 2.47. The van der Waals surface area contributed by atoms with E-state index in [4.69, 9.17) is 18.5 Å². The molecule has 0 aromatic heterocycles. The van der Waals surface area contributed by atoms with Gasteiger partial charge in [-0.3, -0.25) is 18.6 Å². The van der Waals surface area contributed by atoms with Crippen LogP contribution in [0.2, 0.25) is 0 Å². The van der Waals surface area contributed by atoms with Crippen molar-refractivity contribution < 1.29 is 63.1 Å². The largest absolute Gasteiger partial charge is 0.472 e. The quantitative estimate of drug-likeness (QED) is 0.0149. The van der Waals surface area contributed by atoms with Crippen molar-refractivity contribution in [2.24, 2.45) is 0 Å². The van der Waals surface area contributed by atoms with E-state index in [1.165, 1.54) is 57.8 Å². The molecule has 1 rings (SSSR count). The Morgan fingerprint density at radius 1 is 0.492 bits per heavy atom. The minimum Gasteiger partial charge on any atom is -0.462 e. The predicted octanol–water partition coefficient (Wildman–Crippen LogP) is 9.28. The maximum absolute atomic E-state index is 12.8. The van der Waals surface area contributed by atoms with E-state index in [-0.39, 0.29) is 12.8 Å². The average molecular weight is 909 g/mol. The average Bonchev–Trinajstić information content (AvgIpc) is 3.26. The first kappa shape index (κ1) is 58.0. The van der Waals surface area contributed by atoms with Gasteiger partial charge in [0, 0.05) is 12.8 Å². The van der Waals surface area contributed by atoms with Crippen molar-refractivity contribution in [1.82, 2.24) is 0 Å². The second-order valence-electron chi connectivity index (χ2n) is 15.9. The normalized spacial score (nSPS) is 22.5. The number of allylic oxidation sites excluding steroid dienone is 14. The lowest BCUT2D eigenvalue weighted by Gasteiger charge is -2.41. The number of phosphoric acid groups is 1. The van der Waals surface area contributed by atoms with Gasteiger partial charge in [0.15, 0.2) is 6.10 Å². The minimum absolute atomic E-state index is 0.0379. The number of phosphoric ester groups is 1. The molecule has 6 N–H and O–H groups in total. The zero-order valence-corrected chi connectivity index (χ0v) is 39.0. The van der Waals surface area contributed by atoms with Crippen LogP contribution in [0.4, 0.5) is 0 Å². The van der Waals surface area contributed by atoms with Gasteiger partial charge in [0.25, 0.3) is 0 Å². The Morgan fingerprint density at radius 3 is 1.40 bits per heavy atom. The van der Waals surface area contributed by atoms with E-state index in [1.807, 2.05) is 18.2 Å². The summed E-state index contributed by atoms with van der Waals surface area (Å²) in [6.07, 6.45) is 36.5. The maximum Gasteiger partial charge on any atom is 0.472 e. The molecule has 360 valence electrons. The van der Waals surface area contributed by atoms with Crippen LogP contribution in [0, 0.1) is 0 Å². The highest BCUT2D eigenvalue weighted by Gasteiger charge is 2.51. The molecule has 13 nitrogen and oxygen atoms in total. The fourth-order valence-corrected chi connectivity index (χ4v) is 7.39. The number of carbonyl (C=O) groups excluding carboxylic acids is 2. The molecule has 6 unspecified atom stereocenters. The van der Waals surface area contributed by atoms with Gasteiger partial charge in [-0.2, -0.15) is 0 Å². The molecule has 1 fully saturated rings. The smallest absolute Gasteiger partial charge is 0.462 e. The van der Waals surface area contributed by atoms with Gasteiger partial charge in [0.05, 0.1) is 6.61 Å². The number of hydrogen-bond donors (Lipinski definition) is 6. The van der Waals surface area contributed by atoms with Gasteiger partial charge in [0.2, 0.25) is 0 Å². The fourth-order valence-electron chi connectivity index (χ4n) is 6.42. The first-order valence-corrected chi connectivity index (χ1v) is 24.9. The Balaban J connectivity index is 2.55. The molecule has 8 atom stereocenters. The van der Waals surface area contributed by atoms with Crippen molar-refractivity contribution in [3.63, 3.8) is 0 Å². The topological polar surface area (TPSA) is 210 Å². The van der Waals surface area contributed by atoms with E-state index in [1.54, 1.807) is 0 Å². The van der Waals surface area contributed by atoms with Crippen LogP contribution in [0.15, 0.2) is 85.1 Å². The van der Waals surface area contributed by atoms with Crippen LogP contribution in [0.5, 0.6) is 0 Å². The van der Waals surface area contributed by atoms with E-state index in [0.29, 0.717) is 19.3 Å². The highest BCUT2D eigenvalue weighted by atomic mass is 31.2. The molecular weight excluding hydrogens is 828 g/mol. The molecule has 0 heterocycles. The predicted molar refractivity (Wildman–Crippen MR) is 248 cm³/mol. The summed E-state index contributed by atoms with van der Waals surface area (Å²) in [6.45, 7) is 3.16. The van der Waals surface area contributed by atoms with Gasteiger partial charge in [-0.25, -0.2) is 4.57 Å². The van der Waals surface area contributed by atoms with Crippen molar-refractivity contribution >= 4 is 19.8 Å². The molecule has 0 spiro atoms. The lowest BCUT2D eigenvalue weighted by Crippen LogP contribution is -2.64. The van der Waals surface area contributed by atoms with Crippen LogP contribution in [0.1, 0.15) is 155 Å². The highest BCUT2D eigenvalue weighted by molar-refractivity contribution is 7.47. The Morgan fingerprint density at radius 2 is 0.889 bits per heavy atom. The summed E-state index contributed by atoms with van der Waals surface area (Å²) < 4.78 is 33.4. The second kappa shape index (κ2) is 38.3. The lowest BCUT2D eigenvalue weighted by atomic mass is 9.85. The number of esters is 2. The van der Waals surface area contributed by atoms with E-state index in [9.17, 15) is 44.6 Å². The standard InChI is InChI=1S/C49H81O13P/c1-3-5-7-9-11-13-15-17-19-20-21-22-24-26-28-30-32-34-36-38-43(51)61-41(40-60-63(57,58)62-49-47(55)45(53)44(52)46(54)48(49)56)39-59-42(50)37-35-33-31-29-27-25-23-18-16-14-12-10-8-6-4-2/h11,13,17-19,21-23,26-29,32,34,41,44-49,52-56H,3-10,12,14-16,20,24-25,30-31,33,35-40H2,1-2H3,(H,57,58)/b13-11+,19-17+,22-21+,23-18+,28-26+,29-27+,34-32+/t41-,44?,45-,46?,47?,48?,49?/m1/s1. The Bertz CT molecular complexity index is 1420. The van der Waals surface area contributed by atoms with Crippen LogP contribution in [-0.2, 0) is 32.7 Å². The number of rotatable bonds is 37. The van der Waals surface area contributed by atoms with Crippen LogP contribution >= 0.6 is 7.82 Å². The molecule has 0 saturated heterocycles. The summed E-state index contributed by atoms with van der Waals surface area (Å²) in [5, 5.41) is 50.1. The van der Waals surface area contributed by atoms with Crippen LogP contribution in [0.25, 0.3) is 0 Å². The van der Waals surface area contributed by atoms with Crippen LogP contribution in [0.3, 0.4) is 0 Å². The van der Waals surface area contributed by atoms with Crippen molar-refractivity contribution in [2.75, 3.05) is 13.2 Å². The van der Waals surface area contributed by atoms with E-state index < -0.39 is 75.7 Å². The molecule has 14 heteroatoms. The third-order valence-electron chi connectivity index (χ3n) is 10.2. The summed E-state index contributed by atoms with van der Waals surface area (Å²) in [5.74, 6) is -1.24. The third kappa shape index (κ3) is 30.7. The van der Waals surface area contributed by atoms with Crippen molar-refractivity contribution in [2.45, 2.75) is 198 Å². The minimum atomic E-state index is -5.15. The maximum atomic E-state index is 12.8. The van der Waals surface area contributed by atoms with Crippen molar-refractivity contribution in [3.8, 4) is 0 Å². The molecule has 1 aliphatic carbocycles. The monoisotopic (exact) mass is 909 g/mol. The van der Waals surface area contributed by atoms with Gasteiger partial charge < -0.3 is 39.9 Å². The number of unbranched alkanes of at least 4 members (excludes halogenated alkanes) is 11. The Labute approximate surface area is 378 Å². The Kier molecular flexibility index (Phi) is 35.3. The van der Waals surface area contributed by atoms with Gasteiger partial charge in [-0.1, -0.05) is 144 Å². The third-order valence-corrected chi connectivity index (χ3v) is 11.2. The molecule has 0 bridgehead atoms. The molecule has 0 amide bonds. The summed E-state index contributed by atoms with van der Waals surface area (Å²) in [6, 6.07) is 0. The second-order valence-corrected chi connectivity index (χ2v) is 17.3. The summed E-state index contributed by atoms with van der Waals surface area (Å²) in [7, 11) is -5.15. The number of ether oxygens (including phenoxy) is 2. The molecule has 1 aliphatic rings. The van der Waals surface area contributed by atoms with E-state index in [2.05, 4.69) is 80.7 Å². The van der Waals surface area contributed by atoms with Crippen molar-refractivity contribution in [3.05, 3.63) is 85.1 Å². The molecule has 0 aliphatic heterocycles. The van der Waals surface area contributed by atoms with Crippen LogP contribution in [-0.4, -0.2) is 98.3 Å². The number of aliphatic hydroxyl groups is 5. The van der Waals surface area contributed by atoms with Crippen LogP contribution < -0.4 is 0 Å². The van der Waals surface area contributed by atoms with Gasteiger partial charge in [-0.05, 0) is 83.5 Å². The molecule has 0 aromatic carbocycles. The fraction of sp³-hybridized carbons (Fsp3) is 0.673. The molecule has 0 radical (unpaired) electrons. The molecular formula is C49H81O13P. The zero-order valence-electron chi connectivity index (χ0n) is 38.1. The number of aliphatic hydroxyl groups excluding tert-OH is 5. The van der Waals surface area contributed by atoms with Gasteiger partial charge in [-0.15, -0.1) is 0 Å². The van der Waals surface area contributed by atoms with Gasteiger partial charge in [0.1, 0.15) is 43.2 Å². The molecule has 63 heavy (non-hydrogen) atoms. The summed E-state index contributed by atoms with van der Waals surface area (Å²) in [5.41, 5.74) is 0. The number of carbonyl (C=O) groups is 2. The zero-order chi connectivity index (χ0) is 46.4. The molecule has 1 saturated carbocycles. The lowest BCUT2D eigenvalue weighted by molar-refractivity contribution is -0.220.